The van der Waals surface area contributed by atoms with Crippen LogP contribution in [0.3, 0.4) is 0 Å². The number of carbonyl (C=O) groups is 1. The van der Waals surface area contributed by atoms with E-state index in [0.717, 1.165) is 30.5 Å². The van der Waals surface area contributed by atoms with Gasteiger partial charge in [0.05, 0.1) is 34.3 Å². The summed E-state index contributed by atoms with van der Waals surface area (Å²) in [5.74, 6) is 2.78. The molecule has 158 valence electrons. The van der Waals surface area contributed by atoms with Crippen molar-refractivity contribution >= 4 is 5.97 Å². The van der Waals surface area contributed by atoms with Gasteiger partial charge in [-0.15, -0.1) is 0 Å². The van der Waals surface area contributed by atoms with Crippen molar-refractivity contribution in [3.05, 3.63) is 35.0 Å². The van der Waals surface area contributed by atoms with Crippen molar-refractivity contribution < 1.29 is 23.5 Å². The Morgan fingerprint density at radius 1 is 1.24 bits per heavy atom. The van der Waals surface area contributed by atoms with E-state index in [2.05, 4.69) is 28.9 Å². The van der Waals surface area contributed by atoms with Gasteiger partial charge in [-0.3, -0.25) is 9.69 Å². The first kappa shape index (κ1) is 21.1. The summed E-state index contributed by atoms with van der Waals surface area (Å²) < 4.78 is 21.3. The second-order valence-electron chi connectivity index (χ2n) is 7.62. The molecule has 1 aromatic heterocycles. The minimum absolute atomic E-state index is 0.175. The molecule has 8 heteroatoms. The third-order valence-corrected chi connectivity index (χ3v) is 5.14. The van der Waals surface area contributed by atoms with Crippen LogP contribution in [0.4, 0.5) is 0 Å². The third-order valence-electron chi connectivity index (χ3n) is 5.14. The van der Waals surface area contributed by atoms with E-state index in [1.807, 2.05) is 12.1 Å². The average Bonchev–Trinajstić information content (AvgIpc) is 3.14. The van der Waals surface area contributed by atoms with Crippen molar-refractivity contribution in [1.82, 2.24) is 15.0 Å². The lowest BCUT2D eigenvalue weighted by Crippen LogP contribution is -2.36. The van der Waals surface area contributed by atoms with Crippen LogP contribution in [-0.4, -0.2) is 48.9 Å². The minimum atomic E-state index is -0.270. The van der Waals surface area contributed by atoms with E-state index < -0.39 is 0 Å². The number of rotatable bonds is 8. The number of ether oxygens (including phenoxy) is 3. The molecule has 1 aliphatic rings. The molecule has 1 aromatic carbocycles. The maximum absolute atomic E-state index is 12.1. The minimum Gasteiger partial charge on any atom is -0.493 e. The van der Waals surface area contributed by atoms with Gasteiger partial charge in [0.1, 0.15) is 0 Å². The topological polar surface area (TPSA) is 86.9 Å². The van der Waals surface area contributed by atoms with Gasteiger partial charge in [-0.1, -0.05) is 19.0 Å². The molecule has 0 amide bonds. The van der Waals surface area contributed by atoms with Gasteiger partial charge in [0.25, 0.3) is 0 Å². The van der Waals surface area contributed by atoms with E-state index in [9.17, 15) is 4.79 Å². The van der Waals surface area contributed by atoms with Crippen LogP contribution in [0, 0.1) is 5.92 Å². The molecule has 0 fully saturated rings. The van der Waals surface area contributed by atoms with Crippen LogP contribution in [0.1, 0.15) is 49.2 Å². The van der Waals surface area contributed by atoms with Crippen LogP contribution in [0.25, 0.3) is 0 Å². The van der Waals surface area contributed by atoms with Gasteiger partial charge in [-0.2, -0.15) is 4.98 Å². The highest BCUT2D eigenvalue weighted by molar-refractivity contribution is 5.70. The van der Waals surface area contributed by atoms with Gasteiger partial charge < -0.3 is 18.7 Å². The highest BCUT2D eigenvalue weighted by Crippen LogP contribution is 2.40. The summed E-state index contributed by atoms with van der Waals surface area (Å²) in [5.41, 5.74) is 2.17. The zero-order chi connectivity index (χ0) is 21.0. The number of methoxy groups -OCH3 is 3. The molecule has 0 saturated carbocycles. The molecule has 3 rings (SSSR count). The summed E-state index contributed by atoms with van der Waals surface area (Å²) in [7, 11) is 4.63. The molecule has 29 heavy (non-hydrogen) atoms. The summed E-state index contributed by atoms with van der Waals surface area (Å²) >= 11 is 0. The van der Waals surface area contributed by atoms with Gasteiger partial charge >= 0.3 is 5.97 Å². The monoisotopic (exact) mass is 403 g/mol. The predicted octanol–water partition coefficient (Wildman–Crippen LogP) is 2.95. The molecule has 0 N–H and O–H groups in total. The van der Waals surface area contributed by atoms with Gasteiger partial charge in [0.2, 0.25) is 5.89 Å². The fourth-order valence-corrected chi connectivity index (χ4v) is 3.73. The van der Waals surface area contributed by atoms with E-state index in [1.54, 1.807) is 14.2 Å². The van der Waals surface area contributed by atoms with Crippen molar-refractivity contribution in [2.45, 2.75) is 45.7 Å². The van der Waals surface area contributed by atoms with E-state index in [-0.39, 0.29) is 18.4 Å². The lowest BCUT2D eigenvalue weighted by Gasteiger charge is -2.36. The number of benzene rings is 1. The van der Waals surface area contributed by atoms with Crippen LogP contribution in [0.5, 0.6) is 11.5 Å². The van der Waals surface area contributed by atoms with Crippen LogP contribution < -0.4 is 9.47 Å². The normalized spacial score (nSPS) is 16.6. The van der Waals surface area contributed by atoms with Crippen LogP contribution in [-0.2, 0) is 28.9 Å². The summed E-state index contributed by atoms with van der Waals surface area (Å²) in [6.07, 6.45) is 1.82. The predicted molar refractivity (Wildman–Crippen MR) is 106 cm³/mol. The summed E-state index contributed by atoms with van der Waals surface area (Å²) in [6, 6.07) is 3.77. The molecule has 0 unspecified atom stereocenters. The summed E-state index contributed by atoms with van der Waals surface area (Å²) in [4.78, 5) is 18.8. The lowest BCUT2D eigenvalue weighted by molar-refractivity contribution is -0.142. The van der Waals surface area contributed by atoms with Crippen molar-refractivity contribution in [2.24, 2.45) is 5.92 Å². The fraction of sp³-hybridized carbons (Fsp3) is 0.571. The number of aromatic nitrogens is 2. The second kappa shape index (κ2) is 9.26. The first-order valence-electron chi connectivity index (χ1n) is 9.82. The average molecular weight is 403 g/mol. The Balaban J connectivity index is 1.89. The van der Waals surface area contributed by atoms with E-state index >= 15 is 0 Å². The number of hydrogen-bond donors (Lipinski definition) is 0. The van der Waals surface area contributed by atoms with Crippen molar-refractivity contribution in [2.75, 3.05) is 27.9 Å². The fourth-order valence-electron chi connectivity index (χ4n) is 3.73. The van der Waals surface area contributed by atoms with Crippen molar-refractivity contribution in [3.8, 4) is 11.5 Å². The Kier molecular flexibility index (Phi) is 6.74. The number of carbonyl (C=O) groups excluding carboxylic acids is 1. The molecule has 0 spiro atoms. The first-order valence-corrected chi connectivity index (χ1v) is 9.82. The van der Waals surface area contributed by atoms with Gasteiger partial charge in [0, 0.05) is 19.0 Å². The molecule has 1 atom stereocenters. The standard InChI is InChI=1S/C21H29N3O5/c1-13(2)8-19-22-20(29-23-19)12-24-7-6-14-9-17(26-3)18(27-4)10-15(14)16(24)11-21(25)28-5/h9-10,13,16H,6-8,11-12H2,1-5H3/t16-/m0/s1. The molecule has 2 heterocycles. The molecule has 2 aromatic rings. The Morgan fingerprint density at radius 2 is 1.97 bits per heavy atom. The highest BCUT2D eigenvalue weighted by Gasteiger charge is 2.32. The molecule has 0 saturated heterocycles. The lowest BCUT2D eigenvalue weighted by atomic mass is 9.90. The van der Waals surface area contributed by atoms with Crippen molar-refractivity contribution in [3.63, 3.8) is 0 Å². The molecule has 8 nitrogen and oxygen atoms in total. The Labute approximate surface area is 171 Å². The van der Waals surface area contributed by atoms with E-state index in [1.165, 1.54) is 7.11 Å². The third kappa shape index (κ3) is 4.87. The van der Waals surface area contributed by atoms with Crippen LogP contribution >= 0.6 is 0 Å². The smallest absolute Gasteiger partial charge is 0.307 e. The molecular formula is C21H29N3O5. The number of fused-ring (bicyclic) bond motifs is 1. The molecule has 1 aliphatic heterocycles. The maximum Gasteiger partial charge on any atom is 0.307 e. The van der Waals surface area contributed by atoms with Crippen LogP contribution in [0.15, 0.2) is 16.7 Å². The molecular weight excluding hydrogens is 374 g/mol. The van der Waals surface area contributed by atoms with E-state index in [4.69, 9.17) is 18.7 Å². The zero-order valence-electron chi connectivity index (χ0n) is 17.7. The maximum atomic E-state index is 12.1. The van der Waals surface area contributed by atoms with Gasteiger partial charge in [-0.25, -0.2) is 0 Å². The quantitative estimate of drug-likeness (QED) is 0.622. The van der Waals surface area contributed by atoms with Crippen molar-refractivity contribution in [1.29, 1.82) is 0 Å². The number of hydrogen-bond acceptors (Lipinski definition) is 8. The highest BCUT2D eigenvalue weighted by atomic mass is 16.5. The Bertz CT molecular complexity index is 849. The zero-order valence-corrected chi connectivity index (χ0v) is 17.7. The first-order chi connectivity index (χ1) is 13.9. The Morgan fingerprint density at radius 3 is 2.62 bits per heavy atom. The SMILES string of the molecule is COC(=O)C[C@H]1c2cc(OC)c(OC)cc2CCN1Cc1nc(CC(C)C)no1. The summed E-state index contributed by atoms with van der Waals surface area (Å²) in [6.45, 7) is 5.46. The molecule has 0 bridgehead atoms. The van der Waals surface area contributed by atoms with Gasteiger partial charge in [-0.05, 0) is 35.6 Å². The largest absolute Gasteiger partial charge is 0.493 e. The molecule has 0 aliphatic carbocycles. The van der Waals surface area contributed by atoms with Gasteiger partial charge in [0.15, 0.2) is 17.3 Å². The summed E-state index contributed by atoms with van der Waals surface area (Å²) in [5, 5.41) is 4.08. The second-order valence-corrected chi connectivity index (χ2v) is 7.62. The Hall–Kier alpha value is -2.61. The molecule has 0 radical (unpaired) electrons. The number of nitrogens with zero attached hydrogens (tertiary/aromatic N) is 3. The van der Waals surface area contributed by atoms with E-state index in [0.29, 0.717) is 35.7 Å². The van der Waals surface area contributed by atoms with Crippen LogP contribution in [0.2, 0.25) is 0 Å². The number of esters is 1.